The lowest BCUT2D eigenvalue weighted by molar-refractivity contribution is -0.115. The van der Waals surface area contributed by atoms with Crippen LogP contribution in [-0.4, -0.2) is 39.9 Å². The molecule has 0 aliphatic carbocycles. The Hall–Kier alpha value is -3.09. The van der Waals surface area contributed by atoms with E-state index in [1.807, 2.05) is 12.1 Å². The molecule has 138 valence electrons. The van der Waals surface area contributed by atoms with Crippen LogP contribution in [-0.2, 0) is 4.79 Å². The lowest BCUT2D eigenvalue weighted by Gasteiger charge is -2.19. The van der Waals surface area contributed by atoms with E-state index in [1.165, 1.54) is 0 Å². The third-order valence-corrected chi connectivity index (χ3v) is 3.90. The summed E-state index contributed by atoms with van der Waals surface area (Å²) in [7, 11) is 3.19. The van der Waals surface area contributed by atoms with Crippen LogP contribution in [0.1, 0.15) is 6.42 Å². The average Bonchev–Trinajstić information content (AvgIpc) is 2.68. The minimum atomic E-state index is -0.0957. The fourth-order valence-electron chi connectivity index (χ4n) is 2.60. The van der Waals surface area contributed by atoms with Crippen molar-refractivity contribution in [3.05, 3.63) is 36.4 Å². The Balaban J connectivity index is 1.52. The summed E-state index contributed by atoms with van der Waals surface area (Å²) in [6.45, 7) is 1.52. The lowest BCUT2D eigenvalue weighted by Crippen LogP contribution is -2.18. The Morgan fingerprint density at radius 3 is 2.62 bits per heavy atom. The molecule has 1 aliphatic rings. The molecule has 26 heavy (non-hydrogen) atoms. The summed E-state index contributed by atoms with van der Waals surface area (Å²) in [5, 5.41) is 6.06. The fourth-order valence-corrected chi connectivity index (χ4v) is 2.60. The minimum Gasteiger partial charge on any atom is -0.497 e. The smallest absolute Gasteiger partial charge is 0.226 e. The Morgan fingerprint density at radius 1 is 1.04 bits per heavy atom. The Bertz CT molecular complexity index is 779. The number of anilines is 2. The van der Waals surface area contributed by atoms with E-state index < -0.39 is 0 Å². The van der Waals surface area contributed by atoms with E-state index in [9.17, 15) is 4.79 Å². The molecule has 0 radical (unpaired) electrons. The minimum absolute atomic E-state index is 0.0957. The van der Waals surface area contributed by atoms with Gasteiger partial charge in [-0.2, -0.15) is 0 Å². The normalized spacial score (nSPS) is 12.2. The summed E-state index contributed by atoms with van der Waals surface area (Å²) in [5.74, 6) is 2.62. The highest BCUT2D eigenvalue weighted by Gasteiger charge is 2.13. The summed E-state index contributed by atoms with van der Waals surface area (Å²) in [6.07, 6.45) is 0.309. The van der Waals surface area contributed by atoms with Gasteiger partial charge in [0, 0.05) is 30.8 Å². The number of carbonyl (C=O) groups excluding carboxylic acids is 1. The van der Waals surface area contributed by atoms with Gasteiger partial charge in [-0.05, 0) is 24.3 Å². The first kappa shape index (κ1) is 17.7. The van der Waals surface area contributed by atoms with Crippen molar-refractivity contribution in [2.45, 2.75) is 6.42 Å². The van der Waals surface area contributed by atoms with Crippen LogP contribution in [0.5, 0.6) is 23.0 Å². The number of rotatable bonds is 7. The molecule has 0 spiro atoms. The molecule has 0 unspecified atom stereocenters. The predicted molar refractivity (Wildman–Crippen MR) is 98.7 cm³/mol. The quantitative estimate of drug-likeness (QED) is 0.792. The Kier molecular flexibility index (Phi) is 5.68. The second kappa shape index (κ2) is 8.33. The summed E-state index contributed by atoms with van der Waals surface area (Å²) in [5.41, 5.74) is 1.49. The van der Waals surface area contributed by atoms with Crippen LogP contribution in [0.25, 0.3) is 0 Å². The van der Waals surface area contributed by atoms with Crippen molar-refractivity contribution in [3.63, 3.8) is 0 Å². The van der Waals surface area contributed by atoms with E-state index in [4.69, 9.17) is 18.9 Å². The molecule has 0 bridgehead atoms. The fraction of sp³-hybridized carbons (Fsp3) is 0.316. The molecule has 2 N–H and O–H groups in total. The van der Waals surface area contributed by atoms with Crippen LogP contribution in [0.2, 0.25) is 0 Å². The maximum atomic E-state index is 12.2. The molecule has 0 fully saturated rings. The van der Waals surface area contributed by atoms with Gasteiger partial charge in [-0.1, -0.05) is 0 Å². The Labute approximate surface area is 152 Å². The molecule has 7 heteroatoms. The molecule has 0 aromatic heterocycles. The summed E-state index contributed by atoms with van der Waals surface area (Å²) in [4.78, 5) is 12.2. The van der Waals surface area contributed by atoms with Gasteiger partial charge in [0.1, 0.15) is 24.7 Å². The maximum Gasteiger partial charge on any atom is 0.226 e. The van der Waals surface area contributed by atoms with Gasteiger partial charge in [0.15, 0.2) is 11.5 Å². The van der Waals surface area contributed by atoms with E-state index in [0.717, 1.165) is 5.69 Å². The molecular formula is C19H22N2O5. The first-order valence-electron chi connectivity index (χ1n) is 8.35. The van der Waals surface area contributed by atoms with Crippen LogP contribution in [0.4, 0.5) is 11.4 Å². The molecule has 7 nitrogen and oxygen atoms in total. The molecule has 0 saturated heterocycles. The van der Waals surface area contributed by atoms with Gasteiger partial charge in [-0.3, -0.25) is 4.79 Å². The first-order valence-corrected chi connectivity index (χ1v) is 8.35. The highest BCUT2D eigenvalue weighted by Crippen LogP contribution is 2.32. The summed E-state index contributed by atoms with van der Waals surface area (Å²) < 4.78 is 21.5. The second-order valence-electron chi connectivity index (χ2n) is 5.65. The standard InChI is InChI=1S/C19H22N2O5/c1-23-14-4-5-15(17(12-14)24-2)20-8-7-19(22)21-13-3-6-16-18(11-13)26-10-9-25-16/h3-6,11-12,20H,7-10H2,1-2H3,(H,21,22). The van der Waals surface area contributed by atoms with Crippen LogP contribution >= 0.6 is 0 Å². The third kappa shape index (κ3) is 4.30. The SMILES string of the molecule is COc1ccc(NCCC(=O)Nc2ccc3c(c2)OCCO3)c(OC)c1. The molecular weight excluding hydrogens is 336 g/mol. The number of amides is 1. The zero-order chi connectivity index (χ0) is 18.4. The molecule has 3 rings (SSSR count). The molecule has 1 amide bonds. The number of benzene rings is 2. The van der Waals surface area contributed by atoms with E-state index in [0.29, 0.717) is 54.9 Å². The number of ether oxygens (including phenoxy) is 4. The molecule has 0 saturated carbocycles. The molecule has 1 aliphatic heterocycles. The van der Waals surface area contributed by atoms with Crippen molar-refractivity contribution < 1.29 is 23.7 Å². The monoisotopic (exact) mass is 358 g/mol. The third-order valence-electron chi connectivity index (χ3n) is 3.90. The van der Waals surface area contributed by atoms with E-state index in [-0.39, 0.29) is 5.91 Å². The number of carbonyl (C=O) groups is 1. The number of hydrogen-bond acceptors (Lipinski definition) is 6. The van der Waals surface area contributed by atoms with E-state index in [1.54, 1.807) is 38.5 Å². The summed E-state index contributed by atoms with van der Waals surface area (Å²) in [6, 6.07) is 10.8. The van der Waals surface area contributed by atoms with Gasteiger partial charge < -0.3 is 29.6 Å². The summed E-state index contributed by atoms with van der Waals surface area (Å²) >= 11 is 0. The van der Waals surface area contributed by atoms with Gasteiger partial charge in [0.2, 0.25) is 5.91 Å². The van der Waals surface area contributed by atoms with Gasteiger partial charge >= 0.3 is 0 Å². The number of hydrogen-bond donors (Lipinski definition) is 2. The van der Waals surface area contributed by atoms with Crippen molar-refractivity contribution in [1.29, 1.82) is 0 Å². The van der Waals surface area contributed by atoms with Crippen molar-refractivity contribution in [3.8, 4) is 23.0 Å². The Morgan fingerprint density at radius 2 is 1.85 bits per heavy atom. The highest BCUT2D eigenvalue weighted by atomic mass is 16.6. The zero-order valence-corrected chi connectivity index (χ0v) is 14.8. The first-order chi connectivity index (χ1) is 12.7. The molecule has 2 aromatic rings. The van der Waals surface area contributed by atoms with E-state index >= 15 is 0 Å². The van der Waals surface area contributed by atoms with Crippen LogP contribution in [0, 0.1) is 0 Å². The van der Waals surface area contributed by atoms with Crippen molar-refractivity contribution in [2.75, 3.05) is 44.6 Å². The molecule has 0 atom stereocenters. The van der Waals surface area contributed by atoms with Gasteiger partial charge in [0.05, 0.1) is 19.9 Å². The van der Waals surface area contributed by atoms with Gasteiger partial charge in [-0.15, -0.1) is 0 Å². The van der Waals surface area contributed by atoms with Crippen molar-refractivity contribution in [1.82, 2.24) is 0 Å². The van der Waals surface area contributed by atoms with Gasteiger partial charge in [0.25, 0.3) is 0 Å². The largest absolute Gasteiger partial charge is 0.497 e. The van der Waals surface area contributed by atoms with Crippen LogP contribution in [0.15, 0.2) is 36.4 Å². The maximum absolute atomic E-state index is 12.2. The lowest BCUT2D eigenvalue weighted by atomic mass is 10.2. The van der Waals surface area contributed by atoms with E-state index in [2.05, 4.69) is 10.6 Å². The molecule has 1 heterocycles. The average molecular weight is 358 g/mol. The van der Waals surface area contributed by atoms with Gasteiger partial charge in [-0.25, -0.2) is 0 Å². The zero-order valence-electron chi connectivity index (χ0n) is 14.8. The predicted octanol–water partition coefficient (Wildman–Crippen LogP) is 2.92. The number of methoxy groups -OCH3 is 2. The molecule has 2 aromatic carbocycles. The highest BCUT2D eigenvalue weighted by molar-refractivity contribution is 5.91. The number of fused-ring (bicyclic) bond motifs is 1. The van der Waals surface area contributed by atoms with Crippen molar-refractivity contribution in [2.24, 2.45) is 0 Å². The second-order valence-corrected chi connectivity index (χ2v) is 5.65. The number of nitrogens with one attached hydrogen (secondary N) is 2. The van der Waals surface area contributed by atoms with Crippen molar-refractivity contribution >= 4 is 17.3 Å². The van der Waals surface area contributed by atoms with Crippen LogP contribution in [0.3, 0.4) is 0 Å². The van der Waals surface area contributed by atoms with Crippen LogP contribution < -0.4 is 29.6 Å². The topological polar surface area (TPSA) is 78.1 Å².